The molecule has 0 bridgehead atoms. The third kappa shape index (κ3) is 9.53. The second kappa shape index (κ2) is 15.3. The summed E-state index contributed by atoms with van der Waals surface area (Å²) in [5.74, 6) is -2.41. The molecule has 0 aliphatic carbocycles. The molecule has 0 spiro atoms. The number of ether oxygens (including phenoxy) is 7. The van der Waals surface area contributed by atoms with Gasteiger partial charge in [0.2, 0.25) is 0 Å². The van der Waals surface area contributed by atoms with Crippen molar-refractivity contribution in [3.8, 4) is 11.5 Å². The van der Waals surface area contributed by atoms with E-state index in [0.717, 1.165) is 24.2 Å². The Morgan fingerprint density at radius 1 is 0.841 bits per heavy atom. The summed E-state index contributed by atoms with van der Waals surface area (Å²) in [7, 11) is 1.17. The highest BCUT2D eigenvalue weighted by molar-refractivity contribution is 8.00. The molecule has 13 nitrogen and oxygen atoms in total. The first-order chi connectivity index (χ1) is 20.8. The van der Waals surface area contributed by atoms with Crippen molar-refractivity contribution in [1.29, 1.82) is 0 Å². The molecule has 0 saturated carbocycles. The number of hydrogen-bond donors (Lipinski definition) is 1. The summed E-state index contributed by atoms with van der Waals surface area (Å²) in [5.41, 5.74) is 7.67. The average molecular weight is 634 g/mol. The highest BCUT2D eigenvalue weighted by Gasteiger charge is 2.53. The Morgan fingerprint density at radius 2 is 1.48 bits per heavy atom. The van der Waals surface area contributed by atoms with Crippen LogP contribution in [0.5, 0.6) is 11.5 Å². The van der Waals surface area contributed by atoms with Crippen LogP contribution in [-0.4, -0.2) is 72.7 Å². The van der Waals surface area contributed by atoms with Crippen molar-refractivity contribution in [2.24, 2.45) is 0 Å². The lowest BCUT2D eigenvalue weighted by Gasteiger charge is -2.43. The first kappa shape index (κ1) is 34.0. The van der Waals surface area contributed by atoms with Gasteiger partial charge >= 0.3 is 30.0 Å². The van der Waals surface area contributed by atoms with Crippen molar-refractivity contribution in [2.45, 2.75) is 70.0 Å². The highest BCUT2D eigenvalue weighted by Crippen LogP contribution is 2.41. The van der Waals surface area contributed by atoms with E-state index < -0.39 is 59.0 Å². The number of nitrogens with two attached hydrogens (primary N) is 1. The van der Waals surface area contributed by atoms with E-state index in [1.54, 1.807) is 25.1 Å². The Bertz CT molecular complexity index is 1400. The minimum absolute atomic E-state index is 0.108. The van der Waals surface area contributed by atoms with Crippen LogP contribution in [0.2, 0.25) is 0 Å². The van der Waals surface area contributed by atoms with Crippen LogP contribution in [0, 0.1) is 6.92 Å². The van der Waals surface area contributed by atoms with Crippen LogP contribution in [0.25, 0.3) is 0 Å². The van der Waals surface area contributed by atoms with Gasteiger partial charge in [-0.05, 0) is 36.2 Å². The van der Waals surface area contributed by atoms with Crippen LogP contribution in [0.15, 0.2) is 36.4 Å². The number of carbonyl (C=O) groups excluding carboxylic acids is 5. The summed E-state index contributed by atoms with van der Waals surface area (Å²) in [6.07, 6.45) is -4.40. The smallest absolute Gasteiger partial charge is 0.475 e. The fraction of sp³-hybridized carbons (Fsp3) is 0.433. The van der Waals surface area contributed by atoms with Crippen molar-refractivity contribution < 1.29 is 57.1 Å². The molecule has 1 aliphatic heterocycles. The number of esters is 4. The van der Waals surface area contributed by atoms with Crippen LogP contribution in [0.1, 0.15) is 44.4 Å². The van der Waals surface area contributed by atoms with E-state index in [9.17, 15) is 24.0 Å². The lowest BCUT2D eigenvalue weighted by Crippen LogP contribution is -2.59. The van der Waals surface area contributed by atoms with Gasteiger partial charge < -0.3 is 38.9 Å². The molecule has 2 aromatic carbocycles. The first-order valence-corrected chi connectivity index (χ1v) is 14.4. The topological polar surface area (TPSA) is 176 Å². The molecule has 2 aromatic rings. The number of hydrogen-bond acceptors (Lipinski definition) is 14. The summed E-state index contributed by atoms with van der Waals surface area (Å²) in [4.78, 5) is 60.2. The SMILES string of the molecule is COC(=O)Oc1cc(C)c(Cc2cccc(N)c2)c(O[C@@H]2S[C@H](COC(C)=O)[C@@H](OC(C)=O)[C@H](OC(C)=O)[C@H]2OC(C)=O)c1. The van der Waals surface area contributed by atoms with E-state index >= 15 is 0 Å². The molecule has 0 aromatic heterocycles. The Balaban J connectivity index is 2.14. The van der Waals surface area contributed by atoms with Crippen molar-refractivity contribution in [2.75, 3.05) is 19.5 Å². The van der Waals surface area contributed by atoms with Gasteiger partial charge in [-0.2, -0.15) is 0 Å². The number of nitrogen functional groups attached to an aromatic ring is 1. The van der Waals surface area contributed by atoms with E-state index in [4.69, 9.17) is 34.2 Å². The molecule has 1 fully saturated rings. The third-order valence-corrected chi connectivity index (χ3v) is 7.68. The molecular formula is C30H35NO12S. The van der Waals surface area contributed by atoms with Gasteiger partial charge in [-0.1, -0.05) is 12.1 Å². The maximum atomic E-state index is 12.3. The highest BCUT2D eigenvalue weighted by atomic mass is 32.2. The van der Waals surface area contributed by atoms with Gasteiger partial charge in [-0.15, -0.1) is 11.8 Å². The van der Waals surface area contributed by atoms with E-state index in [-0.39, 0.29) is 18.1 Å². The number of thioether (sulfide) groups is 1. The molecule has 44 heavy (non-hydrogen) atoms. The molecular weight excluding hydrogens is 598 g/mol. The number of methoxy groups -OCH3 is 1. The maximum absolute atomic E-state index is 12.3. The summed E-state index contributed by atoms with van der Waals surface area (Å²) in [6.45, 7) is 6.24. The molecule has 0 radical (unpaired) electrons. The number of anilines is 1. The molecule has 3 rings (SSSR count). The maximum Gasteiger partial charge on any atom is 0.513 e. The quantitative estimate of drug-likeness (QED) is 0.174. The van der Waals surface area contributed by atoms with E-state index in [1.807, 2.05) is 12.1 Å². The van der Waals surface area contributed by atoms with E-state index in [1.165, 1.54) is 33.9 Å². The molecule has 2 N–H and O–H groups in total. The molecule has 0 amide bonds. The standard InChI is InChI=1S/C30H35NO12S/c1-15-10-22(42-30(36)37-6)13-24(23(15)12-20-8-7-9-21(31)11-20)43-29-28(41-19(5)35)27(40-18(4)34)26(39-17(3)33)25(44-29)14-38-16(2)32/h7-11,13,25-29H,12,14,31H2,1-6H3/t25-,26-,27+,28-,29-/m1/s1. The van der Waals surface area contributed by atoms with Crippen LogP contribution in [0.4, 0.5) is 10.5 Å². The lowest BCUT2D eigenvalue weighted by atomic mass is 9.98. The fourth-order valence-electron chi connectivity index (χ4n) is 4.60. The van der Waals surface area contributed by atoms with Gasteiger partial charge in [-0.3, -0.25) is 19.2 Å². The molecule has 5 atom stereocenters. The summed E-state index contributed by atoms with van der Waals surface area (Å²) in [6, 6.07) is 10.3. The second-order valence-corrected chi connectivity index (χ2v) is 11.2. The Labute approximate surface area is 258 Å². The van der Waals surface area contributed by atoms with Crippen LogP contribution >= 0.6 is 11.8 Å². The molecule has 238 valence electrons. The predicted molar refractivity (Wildman–Crippen MR) is 157 cm³/mol. The molecule has 1 heterocycles. The Hall–Kier alpha value is -4.46. The fourth-order valence-corrected chi connectivity index (χ4v) is 5.98. The predicted octanol–water partition coefficient (Wildman–Crippen LogP) is 3.49. The molecule has 1 saturated heterocycles. The molecule has 14 heteroatoms. The van der Waals surface area contributed by atoms with Gasteiger partial charge in [0.05, 0.1) is 12.4 Å². The Kier molecular flexibility index (Phi) is 11.9. The Morgan fingerprint density at radius 3 is 2.07 bits per heavy atom. The minimum atomic E-state index is -1.33. The lowest BCUT2D eigenvalue weighted by molar-refractivity contribution is -0.190. The van der Waals surface area contributed by atoms with Crippen LogP contribution in [0.3, 0.4) is 0 Å². The summed E-state index contributed by atoms with van der Waals surface area (Å²) in [5, 5.41) is -0.808. The number of aryl methyl sites for hydroxylation is 1. The zero-order chi connectivity index (χ0) is 32.6. The van der Waals surface area contributed by atoms with Crippen molar-refractivity contribution in [1.82, 2.24) is 0 Å². The zero-order valence-electron chi connectivity index (χ0n) is 25.1. The van der Waals surface area contributed by atoms with Gasteiger partial charge in [0, 0.05) is 51.4 Å². The monoisotopic (exact) mass is 633 g/mol. The van der Waals surface area contributed by atoms with Crippen molar-refractivity contribution in [3.05, 3.63) is 53.1 Å². The third-order valence-electron chi connectivity index (χ3n) is 6.30. The summed E-state index contributed by atoms with van der Waals surface area (Å²) >= 11 is 1.05. The van der Waals surface area contributed by atoms with Gasteiger partial charge in [0.1, 0.15) is 18.1 Å². The van der Waals surface area contributed by atoms with Gasteiger partial charge in [-0.25, -0.2) is 4.79 Å². The molecule has 0 unspecified atom stereocenters. The largest absolute Gasteiger partial charge is 0.513 e. The van der Waals surface area contributed by atoms with Crippen LogP contribution < -0.4 is 15.2 Å². The molecule has 1 aliphatic rings. The van der Waals surface area contributed by atoms with Crippen molar-refractivity contribution >= 4 is 47.5 Å². The van der Waals surface area contributed by atoms with Crippen molar-refractivity contribution in [3.63, 3.8) is 0 Å². The van der Waals surface area contributed by atoms with E-state index in [0.29, 0.717) is 23.2 Å². The number of carbonyl (C=O) groups is 5. The normalized spacial score (nSPS) is 20.9. The average Bonchev–Trinajstić information content (AvgIpc) is 2.92. The zero-order valence-corrected chi connectivity index (χ0v) is 26.0. The van der Waals surface area contributed by atoms with Gasteiger partial charge in [0.25, 0.3) is 0 Å². The van der Waals surface area contributed by atoms with E-state index in [2.05, 4.69) is 4.74 Å². The second-order valence-electron chi connectivity index (χ2n) is 9.88. The first-order valence-electron chi connectivity index (χ1n) is 13.5. The number of benzene rings is 2. The van der Waals surface area contributed by atoms with Gasteiger partial charge in [0.15, 0.2) is 23.7 Å². The van der Waals surface area contributed by atoms with Crippen LogP contribution in [-0.2, 0) is 49.3 Å². The number of rotatable bonds is 10. The minimum Gasteiger partial charge on any atom is -0.475 e. The summed E-state index contributed by atoms with van der Waals surface area (Å²) < 4.78 is 38.3.